The molecule has 1 aliphatic rings. The highest BCUT2D eigenvalue weighted by Crippen LogP contribution is 2.34. The van der Waals surface area contributed by atoms with Crippen molar-refractivity contribution in [2.75, 3.05) is 6.54 Å². The van der Waals surface area contributed by atoms with E-state index in [1.54, 1.807) is 6.92 Å². The number of primary amides is 1. The molecule has 2 unspecified atom stereocenters. The minimum absolute atomic E-state index is 0.152. The second-order valence-corrected chi connectivity index (χ2v) is 4.45. The molecule has 0 heterocycles. The molecule has 1 aliphatic carbocycles. The summed E-state index contributed by atoms with van der Waals surface area (Å²) in [5.41, 5.74) is 4.07. The van der Waals surface area contributed by atoms with Crippen molar-refractivity contribution in [3.8, 4) is 0 Å². The maximum Gasteiger partial charge on any atom is 0.401 e. The fourth-order valence-corrected chi connectivity index (χ4v) is 2.32. The third-order valence-corrected chi connectivity index (χ3v) is 3.34. The van der Waals surface area contributed by atoms with Crippen LogP contribution in [0.15, 0.2) is 0 Å². The Labute approximate surface area is 92.6 Å². The molecule has 0 aromatic carbocycles. The molecule has 2 atom stereocenters. The zero-order valence-electron chi connectivity index (χ0n) is 9.23. The van der Waals surface area contributed by atoms with Gasteiger partial charge in [0.25, 0.3) is 0 Å². The average Bonchev–Trinajstić information content (AvgIpc) is 2.15. The van der Waals surface area contributed by atoms with Gasteiger partial charge in [-0.15, -0.1) is 0 Å². The summed E-state index contributed by atoms with van der Waals surface area (Å²) in [6.07, 6.45) is -1.53. The van der Waals surface area contributed by atoms with E-state index in [1.165, 1.54) is 0 Å². The third kappa shape index (κ3) is 2.87. The van der Waals surface area contributed by atoms with Gasteiger partial charge in [0.15, 0.2) is 0 Å². The van der Waals surface area contributed by atoms with Crippen molar-refractivity contribution in [1.82, 2.24) is 5.32 Å². The highest BCUT2D eigenvalue weighted by atomic mass is 19.4. The van der Waals surface area contributed by atoms with Crippen LogP contribution in [0, 0.1) is 5.92 Å². The normalized spacial score (nSPS) is 31.4. The first-order chi connectivity index (χ1) is 7.28. The Hall–Kier alpha value is -0.780. The van der Waals surface area contributed by atoms with Gasteiger partial charge in [0.05, 0.1) is 6.54 Å². The topological polar surface area (TPSA) is 55.1 Å². The van der Waals surface area contributed by atoms with Gasteiger partial charge in [-0.3, -0.25) is 10.1 Å². The number of hydrogen-bond donors (Lipinski definition) is 2. The molecular formula is C10H17F3N2O. The molecule has 0 bridgehead atoms. The Kier molecular flexibility index (Phi) is 3.83. The predicted octanol–water partition coefficient (Wildman–Crippen LogP) is 1.57. The van der Waals surface area contributed by atoms with Gasteiger partial charge in [-0.1, -0.05) is 19.8 Å². The first-order valence-corrected chi connectivity index (χ1v) is 5.39. The van der Waals surface area contributed by atoms with Gasteiger partial charge in [0.1, 0.15) is 5.54 Å². The maximum atomic E-state index is 12.2. The molecule has 0 aromatic rings. The lowest BCUT2D eigenvalue weighted by atomic mass is 9.73. The monoisotopic (exact) mass is 238 g/mol. The molecule has 0 spiro atoms. The number of amides is 1. The van der Waals surface area contributed by atoms with Gasteiger partial charge in [0.2, 0.25) is 5.91 Å². The molecule has 3 nitrogen and oxygen atoms in total. The first kappa shape index (κ1) is 13.3. The number of rotatable bonds is 3. The molecule has 94 valence electrons. The van der Waals surface area contributed by atoms with Crippen LogP contribution in [0.25, 0.3) is 0 Å². The standard InChI is InChI=1S/C10H17F3N2O/c1-7-4-2-3-5-9(7,8(14)16)15-6-10(11,12)13/h7,15H,2-6H2,1H3,(H2,14,16). The lowest BCUT2D eigenvalue weighted by Crippen LogP contribution is -2.62. The van der Waals surface area contributed by atoms with Crippen LogP contribution in [0.1, 0.15) is 32.6 Å². The zero-order valence-corrected chi connectivity index (χ0v) is 9.23. The number of hydrogen-bond acceptors (Lipinski definition) is 2. The molecule has 1 rings (SSSR count). The molecule has 1 amide bonds. The smallest absolute Gasteiger partial charge is 0.368 e. The van der Waals surface area contributed by atoms with E-state index in [2.05, 4.69) is 5.32 Å². The summed E-state index contributed by atoms with van der Waals surface area (Å²) in [6, 6.07) is 0. The van der Waals surface area contributed by atoms with E-state index >= 15 is 0 Å². The Morgan fingerprint density at radius 2 is 2.12 bits per heavy atom. The van der Waals surface area contributed by atoms with Crippen LogP contribution in [-0.2, 0) is 4.79 Å². The number of alkyl halides is 3. The quantitative estimate of drug-likeness (QED) is 0.784. The molecule has 1 saturated carbocycles. The molecule has 0 aromatic heterocycles. The minimum atomic E-state index is -4.32. The van der Waals surface area contributed by atoms with Crippen LogP contribution in [0.3, 0.4) is 0 Å². The van der Waals surface area contributed by atoms with Crippen LogP contribution in [0.5, 0.6) is 0 Å². The fraction of sp³-hybridized carbons (Fsp3) is 0.900. The van der Waals surface area contributed by atoms with Gasteiger partial charge < -0.3 is 5.73 Å². The Bertz CT molecular complexity index is 267. The lowest BCUT2D eigenvalue weighted by molar-refractivity contribution is -0.140. The molecule has 0 aliphatic heterocycles. The van der Waals surface area contributed by atoms with Crippen LogP contribution >= 0.6 is 0 Å². The summed E-state index contributed by atoms with van der Waals surface area (Å²) >= 11 is 0. The Balaban J connectivity index is 2.76. The molecule has 6 heteroatoms. The first-order valence-electron chi connectivity index (χ1n) is 5.39. The SMILES string of the molecule is CC1CCCCC1(NCC(F)(F)F)C(N)=O. The van der Waals surface area contributed by atoms with Crippen LogP contribution < -0.4 is 11.1 Å². The molecule has 16 heavy (non-hydrogen) atoms. The Morgan fingerprint density at radius 1 is 1.50 bits per heavy atom. The van der Waals surface area contributed by atoms with Crippen LogP contribution in [0.2, 0.25) is 0 Å². The summed E-state index contributed by atoms with van der Waals surface area (Å²) in [5.74, 6) is -0.829. The summed E-state index contributed by atoms with van der Waals surface area (Å²) in [7, 11) is 0. The molecule has 1 fully saturated rings. The maximum absolute atomic E-state index is 12.2. The van der Waals surface area contributed by atoms with Crippen molar-refractivity contribution < 1.29 is 18.0 Å². The van der Waals surface area contributed by atoms with Gasteiger partial charge in [-0.2, -0.15) is 13.2 Å². The second-order valence-electron chi connectivity index (χ2n) is 4.45. The summed E-state index contributed by atoms with van der Waals surface area (Å²) in [5, 5.41) is 2.32. The summed E-state index contributed by atoms with van der Waals surface area (Å²) < 4.78 is 36.5. The van der Waals surface area contributed by atoms with Crippen molar-refractivity contribution in [2.24, 2.45) is 11.7 Å². The van der Waals surface area contributed by atoms with Gasteiger partial charge >= 0.3 is 6.18 Å². The summed E-state index contributed by atoms with van der Waals surface area (Å²) in [4.78, 5) is 11.4. The van der Waals surface area contributed by atoms with Crippen molar-refractivity contribution in [2.45, 2.75) is 44.3 Å². The number of carbonyl (C=O) groups excluding carboxylic acids is 1. The average molecular weight is 238 g/mol. The molecule has 0 radical (unpaired) electrons. The number of carbonyl (C=O) groups is 1. The predicted molar refractivity (Wildman–Crippen MR) is 53.6 cm³/mol. The number of nitrogens with two attached hydrogens (primary N) is 1. The molecule has 0 saturated heterocycles. The van der Waals surface area contributed by atoms with E-state index < -0.39 is 24.2 Å². The third-order valence-electron chi connectivity index (χ3n) is 3.34. The van der Waals surface area contributed by atoms with Crippen molar-refractivity contribution in [3.05, 3.63) is 0 Å². The van der Waals surface area contributed by atoms with Gasteiger partial charge in [-0.05, 0) is 18.8 Å². The van der Waals surface area contributed by atoms with E-state index in [4.69, 9.17) is 5.73 Å². The van der Waals surface area contributed by atoms with Crippen molar-refractivity contribution >= 4 is 5.91 Å². The highest BCUT2D eigenvalue weighted by molar-refractivity contribution is 5.85. The summed E-state index contributed by atoms with van der Waals surface area (Å²) in [6.45, 7) is 0.605. The molecular weight excluding hydrogens is 221 g/mol. The second kappa shape index (κ2) is 4.61. The van der Waals surface area contributed by atoms with E-state index in [1.807, 2.05) is 0 Å². The largest absolute Gasteiger partial charge is 0.401 e. The lowest BCUT2D eigenvalue weighted by Gasteiger charge is -2.41. The number of nitrogens with one attached hydrogen (secondary N) is 1. The van der Waals surface area contributed by atoms with E-state index in [9.17, 15) is 18.0 Å². The fourth-order valence-electron chi connectivity index (χ4n) is 2.32. The zero-order chi connectivity index (χ0) is 12.4. The van der Waals surface area contributed by atoms with E-state index in [0.717, 1.165) is 19.3 Å². The van der Waals surface area contributed by atoms with Crippen LogP contribution in [0.4, 0.5) is 13.2 Å². The van der Waals surface area contributed by atoms with E-state index in [-0.39, 0.29) is 5.92 Å². The van der Waals surface area contributed by atoms with Crippen LogP contribution in [-0.4, -0.2) is 24.2 Å². The highest BCUT2D eigenvalue weighted by Gasteiger charge is 2.45. The Morgan fingerprint density at radius 3 is 2.56 bits per heavy atom. The number of halogens is 3. The van der Waals surface area contributed by atoms with E-state index in [0.29, 0.717) is 6.42 Å². The van der Waals surface area contributed by atoms with Crippen molar-refractivity contribution in [1.29, 1.82) is 0 Å². The van der Waals surface area contributed by atoms with Gasteiger partial charge in [-0.25, -0.2) is 0 Å². The van der Waals surface area contributed by atoms with Gasteiger partial charge in [0, 0.05) is 0 Å². The molecule has 3 N–H and O–H groups in total. The minimum Gasteiger partial charge on any atom is -0.368 e. The van der Waals surface area contributed by atoms with Crippen molar-refractivity contribution in [3.63, 3.8) is 0 Å².